The molecule has 1 aromatic carbocycles. The monoisotopic (exact) mass is 259 g/mol. The zero-order valence-electron chi connectivity index (χ0n) is 9.91. The summed E-state index contributed by atoms with van der Waals surface area (Å²) in [6.07, 6.45) is 0.483. The van der Waals surface area contributed by atoms with E-state index in [0.717, 1.165) is 17.2 Å². The van der Waals surface area contributed by atoms with Crippen LogP contribution >= 0.6 is 0 Å². The Morgan fingerprint density at radius 1 is 1.33 bits per heavy atom. The molecule has 1 saturated carbocycles. The molecule has 0 radical (unpaired) electrons. The Morgan fingerprint density at radius 3 is 2.39 bits per heavy atom. The lowest BCUT2D eigenvalue weighted by molar-refractivity contribution is -0.170. The molecule has 2 atom stereocenters. The summed E-state index contributed by atoms with van der Waals surface area (Å²) < 4.78 is 38.9. The van der Waals surface area contributed by atoms with Crippen LogP contribution in [0.5, 0.6) is 0 Å². The summed E-state index contributed by atoms with van der Waals surface area (Å²) in [5.41, 5.74) is 0.300. The summed E-state index contributed by atoms with van der Waals surface area (Å²) in [4.78, 5) is 16.4. The first-order chi connectivity index (χ1) is 8.45. The van der Waals surface area contributed by atoms with Crippen molar-refractivity contribution in [1.82, 2.24) is 5.06 Å². The summed E-state index contributed by atoms with van der Waals surface area (Å²) in [5.74, 6) is -4.85. The highest BCUT2D eigenvalue weighted by Crippen LogP contribution is 2.48. The molecular weight excluding hydrogens is 247 g/mol. The van der Waals surface area contributed by atoms with E-state index in [-0.39, 0.29) is 17.7 Å². The van der Waals surface area contributed by atoms with Gasteiger partial charge in [-0.3, -0.25) is 9.63 Å². The number of carbonyl (C=O) groups is 1. The summed E-state index contributed by atoms with van der Waals surface area (Å²) in [6.45, 7) is 0. The fourth-order valence-electron chi connectivity index (χ4n) is 1.95. The predicted octanol–water partition coefficient (Wildman–Crippen LogP) is 2.23. The van der Waals surface area contributed by atoms with Crippen molar-refractivity contribution in [2.75, 3.05) is 14.2 Å². The van der Waals surface area contributed by atoms with Crippen molar-refractivity contribution in [2.24, 2.45) is 5.92 Å². The molecule has 1 aromatic rings. The molecular formula is C12H12F3NO2. The molecule has 6 heteroatoms. The van der Waals surface area contributed by atoms with Crippen LogP contribution in [-0.2, 0) is 9.63 Å². The van der Waals surface area contributed by atoms with E-state index in [9.17, 15) is 18.0 Å². The summed E-state index contributed by atoms with van der Waals surface area (Å²) >= 11 is 0. The van der Waals surface area contributed by atoms with Gasteiger partial charge in [-0.05, 0) is 30.0 Å². The van der Waals surface area contributed by atoms with Gasteiger partial charge in [0.2, 0.25) is 5.91 Å². The van der Waals surface area contributed by atoms with Crippen LogP contribution in [0.1, 0.15) is 17.9 Å². The Labute approximate surface area is 102 Å². The van der Waals surface area contributed by atoms with Crippen LogP contribution in [-0.4, -0.2) is 25.1 Å². The van der Waals surface area contributed by atoms with Crippen molar-refractivity contribution in [2.45, 2.75) is 12.3 Å². The lowest BCUT2D eigenvalue weighted by Crippen LogP contribution is -2.27. The number of hydroxylamine groups is 2. The Morgan fingerprint density at radius 2 is 1.89 bits per heavy atom. The number of rotatable bonds is 3. The number of hydrogen-bond donors (Lipinski definition) is 0. The molecule has 1 aliphatic rings. The number of amides is 1. The molecule has 0 aromatic heterocycles. The first-order valence-electron chi connectivity index (χ1n) is 5.41. The molecule has 3 nitrogen and oxygen atoms in total. The van der Waals surface area contributed by atoms with Gasteiger partial charge in [0.15, 0.2) is 17.5 Å². The van der Waals surface area contributed by atoms with Crippen molar-refractivity contribution in [3.63, 3.8) is 0 Å². The second-order valence-electron chi connectivity index (χ2n) is 4.27. The molecule has 0 unspecified atom stereocenters. The maximum absolute atomic E-state index is 13.0. The van der Waals surface area contributed by atoms with Crippen LogP contribution in [0, 0.1) is 23.4 Å². The van der Waals surface area contributed by atoms with Crippen molar-refractivity contribution >= 4 is 5.91 Å². The predicted molar refractivity (Wildman–Crippen MR) is 56.9 cm³/mol. The lowest BCUT2D eigenvalue weighted by Gasteiger charge is -2.13. The summed E-state index contributed by atoms with van der Waals surface area (Å²) in [7, 11) is 2.82. The number of carbonyl (C=O) groups excluding carboxylic acids is 1. The molecule has 18 heavy (non-hydrogen) atoms. The van der Waals surface area contributed by atoms with Gasteiger partial charge >= 0.3 is 0 Å². The SMILES string of the molecule is CON(C)C(=O)[C@@H]1C[C@@H]1c1cc(F)c(F)c(F)c1. The van der Waals surface area contributed by atoms with Gasteiger partial charge in [-0.15, -0.1) is 0 Å². The molecule has 0 N–H and O–H groups in total. The fraction of sp³-hybridized carbons (Fsp3) is 0.417. The van der Waals surface area contributed by atoms with Gasteiger partial charge < -0.3 is 0 Å². The minimum atomic E-state index is -1.49. The van der Waals surface area contributed by atoms with Crippen LogP contribution < -0.4 is 0 Å². The Bertz CT molecular complexity index is 469. The average Bonchev–Trinajstić information content (AvgIpc) is 3.13. The second kappa shape index (κ2) is 4.61. The highest BCUT2D eigenvalue weighted by Gasteiger charge is 2.46. The van der Waals surface area contributed by atoms with E-state index >= 15 is 0 Å². The molecule has 1 fully saturated rings. The standard InChI is InChI=1S/C12H12F3NO2/c1-16(18-2)12(17)8-5-7(8)6-3-9(13)11(15)10(14)4-6/h3-4,7-8H,5H2,1-2H3/t7-,8-/m1/s1. The van der Waals surface area contributed by atoms with E-state index in [1.54, 1.807) is 0 Å². The summed E-state index contributed by atoms with van der Waals surface area (Å²) in [6, 6.07) is 1.87. The molecule has 1 aliphatic carbocycles. The van der Waals surface area contributed by atoms with Gasteiger partial charge in [0.25, 0.3) is 0 Å². The van der Waals surface area contributed by atoms with E-state index in [1.165, 1.54) is 14.2 Å². The number of halogens is 3. The zero-order chi connectivity index (χ0) is 13.4. The topological polar surface area (TPSA) is 29.5 Å². The number of hydrogen-bond acceptors (Lipinski definition) is 2. The molecule has 98 valence electrons. The Hall–Kier alpha value is -1.56. The molecule has 0 aliphatic heterocycles. The minimum Gasteiger partial charge on any atom is -0.275 e. The van der Waals surface area contributed by atoms with Crippen molar-refractivity contribution in [1.29, 1.82) is 0 Å². The Kier molecular flexibility index (Phi) is 3.30. The van der Waals surface area contributed by atoms with Crippen LogP contribution in [0.4, 0.5) is 13.2 Å². The molecule has 1 amide bonds. The maximum atomic E-state index is 13.0. The Balaban J connectivity index is 2.15. The molecule has 0 heterocycles. The van der Waals surface area contributed by atoms with Gasteiger partial charge in [0.1, 0.15) is 0 Å². The van der Waals surface area contributed by atoms with E-state index in [1.807, 2.05) is 0 Å². The van der Waals surface area contributed by atoms with Crippen LogP contribution in [0.25, 0.3) is 0 Å². The highest BCUT2D eigenvalue weighted by atomic mass is 19.2. The van der Waals surface area contributed by atoms with E-state index in [4.69, 9.17) is 4.84 Å². The molecule has 0 spiro atoms. The molecule has 0 bridgehead atoms. The van der Waals surface area contributed by atoms with Gasteiger partial charge in [0, 0.05) is 13.0 Å². The van der Waals surface area contributed by atoms with E-state index < -0.39 is 17.5 Å². The third-order valence-electron chi connectivity index (χ3n) is 3.13. The smallest absolute Gasteiger partial charge is 0.249 e. The quantitative estimate of drug-likeness (QED) is 0.615. The highest BCUT2D eigenvalue weighted by molar-refractivity contribution is 5.81. The van der Waals surface area contributed by atoms with Gasteiger partial charge in [-0.2, -0.15) is 0 Å². The third-order valence-corrected chi connectivity index (χ3v) is 3.13. The first kappa shape index (κ1) is 12.9. The third kappa shape index (κ3) is 2.20. The van der Waals surface area contributed by atoms with Crippen molar-refractivity contribution < 1.29 is 22.8 Å². The second-order valence-corrected chi connectivity index (χ2v) is 4.27. The van der Waals surface area contributed by atoms with Crippen LogP contribution in [0.15, 0.2) is 12.1 Å². The van der Waals surface area contributed by atoms with Crippen LogP contribution in [0.3, 0.4) is 0 Å². The number of benzene rings is 1. The first-order valence-corrected chi connectivity index (χ1v) is 5.41. The molecule has 2 rings (SSSR count). The van der Waals surface area contributed by atoms with Crippen molar-refractivity contribution in [3.05, 3.63) is 35.1 Å². The van der Waals surface area contributed by atoms with E-state index in [2.05, 4.69) is 0 Å². The van der Waals surface area contributed by atoms with E-state index in [0.29, 0.717) is 12.0 Å². The molecule has 0 saturated heterocycles. The van der Waals surface area contributed by atoms with Gasteiger partial charge in [0.05, 0.1) is 7.11 Å². The lowest BCUT2D eigenvalue weighted by atomic mass is 10.1. The summed E-state index contributed by atoms with van der Waals surface area (Å²) in [5, 5.41) is 1.07. The normalized spacial score (nSPS) is 21.8. The number of nitrogens with zero attached hydrogens (tertiary/aromatic N) is 1. The minimum absolute atomic E-state index is 0.257. The van der Waals surface area contributed by atoms with Gasteiger partial charge in [-0.25, -0.2) is 18.2 Å². The van der Waals surface area contributed by atoms with Crippen molar-refractivity contribution in [3.8, 4) is 0 Å². The zero-order valence-corrected chi connectivity index (χ0v) is 9.91. The van der Waals surface area contributed by atoms with Crippen LogP contribution in [0.2, 0.25) is 0 Å². The largest absolute Gasteiger partial charge is 0.275 e. The average molecular weight is 259 g/mol. The van der Waals surface area contributed by atoms with Gasteiger partial charge in [-0.1, -0.05) is 0 Å². The fourth-order valence-corrected chi connectivity index (χ4v) is 1.95. The maximum Gasteiger partial charge on any atom is 0.249 e.